The van der Waals surface area contributed by atoms with Gasteiger partial charge in [0.2, 0.25) is 0 Å². The molecule has 2 aliphatic rings. The highest BCUT2D eigenvalue weighted by Crippen LogP contribution is 2.33. The van der Waals surface area contributed by atoms with Crippen LogP contribution >= 0.6 is 0 Å². The maximum atomic E-state index is 3.51. The van der Waals surface area contributed by atoms with Crippen molar-refractivity contribution in [2.24, 2.45) is 0 Å². The fourth-order valence-corrected chi connectivity index (χ4v) is 2.97. The second-order valence-electron chi connectivity index (χ2n) is 5.55. The Morgan fingerprint density at radius 3 is 3.06 bits per heavy atom. The van der Waals surface area contributed by atoms with Crippen molar-refractivity contribution in [1.29, 1.82) is 0 Å². The van der Waals surface area contributed by atoms with Gasteiger partial charge < -0.3 is 5.32 Å². The fourth-order valence-electron chi connectivity index (χ4n) is 2.97. The molecular formula is C16H22N2. The van der Waals surface area contributed by atoms with E-state index in [0.717, 1.165) is 13.1 Å². The number of fused-ring (bicyclic) bond motifs is 1. The van der Waals surface area contributed by atoms with Gasteiger partial charge in [-0.1, -0.05) is 29.8 Å². The minimum atomic E-state index is 0.702. The van der Waals surface area contributed by atoms with Crippen molar-refractivity contribution in [3.05, 3.63) is 41.5 Å². The van der Waals surface area contributed by atoms with Gasteiger partial charge in [-0.3, -0.25) is 4.90 Å². The van der Waals surface area contributed by atoms with Gasteiger partial charge in [-0.25, -0.2) is 0 Å². The van der Waals surface area contributed by atoms with Gasteiger partial charge >= 0.3 is 0 Å². The number of nitrogens with one attached hydrogen (secondary N) is 1. The van der Waals surface area contributed by atoms with Crippen LogP contribution in [0.3, 0.4) is 0 Å². The predicted molar refractivity (Wildman–Crippen MR) is 77.1 cm³/mol. The third-order valence-electron chi connectivity index (χ3n) is 4.25. The third kappa shape index (κ3) is 2.44. The Morgan fingerprint density at radius 2 is 2.22 bits per heavy atom. The predicted octanol–water partition coefficient (Wildman–Crippen LogP) is 3.24. The summed E-state index contributed by atoms with van der Waals surface area (Å²) in [5, 5.41) is 3.51. The molecule has 0 saturated carbocycles. The summed E-state index contributed by atoms with van der Waals surface area (Å²) in [5.41, 5.74) is 4.41. The third-order valence-corrected chi connectivity index (χ3v) is 4.25. The van der Waals surface area contributed by atoms with Gasteiger partial charge in [-0.2, -0.15) is 0 Å². The highest BCUT2D eigenvalue weighted by Gasteiger charge is 2.22. The number of rotatable bonds is 3. The van der Waals surface area contributed by atoms with Gasteiger partial charge in [-0.15, -0.1) is 0 Å². The first-order chi connectivity index (χ1) is 8.83. The van der Waals surface area contributed by atoms with E-state index in [1.807, 2.05) is 0 Å². The summed E-state index contributed by atoms with van der Waals surface area (Å²) in [6.45, 7) is 6.97. The lowest BCUT2D eigenvalue weighted by molar-refractivity contribution is 0.283. The van der Waals surface area contributed by atoms with Crippen molar-refractivity contribution in [3.63, 3.8) is 0 Å². The summed E-state index contributed by atoms with van der Waals surface area (Å²) in [7, 11) is 0. The molecule has 3 rings (SSSR count). The number of para-hydroxylation sites is 1. The Balaban J connectivity index is 1.56. The average molecular weight is 242 g/mol. The van der Waals surface area contributed by atoms with E-state index >= 15 is 0 Å². The summed E-state index contributed by atoms with van der Waals surface area (Å²) in [6.07, 6.45) is 4.90. The second-order valence-corrected chi connectivity index (χ2v) is 5.55. The van der Waals surface area contributed by atoms with Crippen LogP contribution in [0.15, 0.2) is 35.9 Å². The first-order valence-corrected chi connectivity index (χ1v) is 7.04. The molecular weight excluding hydrogens is 220 g/mol. The van der Waals surface area contributed by atoms with E-state index in [1.165, 1.54) is 37.2 Å². The zero-order chi connectivity index (χ0) is 12.4. The van der Waals surface area contributed by atoms with Gasteiger partial charge in [-0.05, 0) is 37.9 Å². The first-order valence-electron chi connectivity index (χ1n) is 7.04. The van der Waals surface area contributed by atoms with Crippen LogP contribution in [0.4, 0.5) is 5.69 Å². The molecule has 1 N–H and O–H groups in total. The maximum Gasteiger partial charge on any atom is 0.0376 e. The Kier molecular flexibility index (Phi) is 3.37. The van der Waals surface area contributed by atoms with Crippen LogP contribution in [0.25, 0.3) is 0 Å². The van der Waals surface area contributed by atoms with E-state index in [-0.39, 0.29) is 0 Å². The van der Waals surface area contributed by atoms with Crippen LogP contribution in [0.1, 0.15) is 31.2 Å². The molecule has 1 aromatic carbocycles. The Morgan fingerprint density at radius 1 is 1.33 bits per heavy atom. The van der Waals surface area contributed by atoms with Crippen LogP contribution in [0.5, 0.6) is 0 Å². The first kappa shape index (κ1) is 11.8. The van der Waals surface area contributed by atoms with Gasteiger partial charge in [0.15, 0.2) is 0 Å². The number of nitrogens with zero attached hydrogens (tertiary/aromatic N) is 1. The van der Waals surface area contributed by atoms with Crippen LogP contribution in [0, 0.1) is 0 Å². The van der Waals surface area contributed by atoms with E-state index in [1.54, 1.807) is 5.57 Å². The highest BCUT2D eigenvalue weighted by atomic mass is 15.1. The molecule has 0 amide bonds. The minimum absolute atomic E-state index is 0.702. The molecule has 0 radical (unpaired) electrons. The molecule has 1 unspecified atom stereocenters. The van der Waals surface area contributed by atoms with Crippen LogP contribution in [-0.4, -0.2) is 31.1 Å². The lowest BCUT2D eigenvalue weighted by Crippen LogP contribution is -2.30. The smallest absolute Gasteiger partial charge is 0.0376 e. The fraction of sp³-hybridized carbons (Fsp3) is 0.500. The molecule has 0 fully saturated rings. The summed E-state index contributed by atoms with van der Waals surface area (Å²) >= 11 is 0. The number of benzene rings is 1. The molecule has 0 saturated heterocycles. The van der Waals surface area contributed by atoms with Crippen LogP contribution in [0.2, 0.25) is 0 Å². The largest absolute Gasteiger partial charge is 0.384 e. The average Bonchev–Trinajstić information content (AvgIpc) is 2.82. The highest BCUT2D eigenvalue weighted by molar-refractivity contribution is 5.57. The van der Waals surface area contributed by atoms with Crippen LogP contribution < -0.4 is 5.32 Å². The Hall–Kier alpha value is -1.28. The minimum Gasteiger partial charge on any atom is -0.384 e. The quantitative estimate of drug-likeness (QED) is 0.819. The Labute approximate surface area is 110 Å². The molecule has 1 aromatic rings. The molecule has 0 spiro atoms. The lowest BCUT2D eigenvalue weighted by Gasteiger charge is -2.26. The van der Waals surface area contributed by atoms with E-state index in [9.17, 15) is 0 Å². The van der Waals surface area contributed by atoms with Crippen molar-refractivity contribution in [2.45, 2.75) is 25.7 Å². The summed E-state index contributed by atoms with van der Waals surface area (Å²) in [6, 6.07) is 8.75. The van der Waals surface area contributed by atoms with Crippen molar-refractivity contribution >= 4 is 5.69 Å². The number of hydrogen-bond donors (Lipinski definition) is 1. The monoisotopic (exact) mass is 242 g/mol. The molecule has 0 aliphatic carbocycles. The van der Waals surface area contributed by atoms with Gasteiger partial charge in [0, 0.05) is 31.2 Å². The summed E-state index contributed by atoms with van der Waals surface area (Å²) in [5.74, 6) is 0.702. The van der Waals surface area contributed by atoms with E-state index in [4.69, 9.17) is 0 Å². The van der Waals surface area contributed by atoms with Crippen molar-refractivity contribution in [3.8, 4) is 0 Å². The van der Waals surface area contributed by atoms with Crippen molar-refractivity contribution < 1.29 is 0 Å². The topological polar surface area (TPSA) is 15.3 Å². The van der Waals surface area contributed by atoms with Gasteiger partial charge in [0.25, 0.3) is 0 Å². The number of anilines is 1. The van der Waals surface area contributed by atoms with Gasteiger partial charge in [0.1, 0.15) is 0 Å². The van der Waals surface area contributed by atoms with Crippen molar-refractivity contribution in [1.82, 2.24) is 4.90 Å². The molecule has 96 valence electrons. The molecule has 2 heteroatoms. The standard InChI is InChI=1S/C16H22N2/c1-13-6-9-18(10-7-13)11-8-14-12-17-16-5-3-2-4-15(14)16/h2-6,14,17H,7-12H2,1H3. The normalized spacial score (nSPS) is 23.4. The molecule has 0 bridgehead atoms. The maximum absolute atomic E-state index is 3.51. The van der Waals surface area contributed by atoms with E-state index in [0.29, 0.717) is 5.92 Å². The Bertz CT molecular complexity index is 450. The SMILES string of the molecule is CC1=CCN(CCC2CNc3ccccc32)CC1. The molecule has 2 aliphatic heterocycles. The zero-order valence-electron chi connectivity index (χ0n) is 11.2. The second kappa shape index (κ2) is 5.15. The van der Waals surface area contributed by atoms with E-state index in [2.05, 4.69) is 47.5 Å². The lowest BCUT2D eigenvalue weighted by atomic mass is 9.97. The number of hydrogen-bond acceptors (Lipinski definition) is 2. The summed E-state index contributed by atoms with van der Waals surface area (Å²) in [4.78, 5) is 2.58. The molecule has 2 heterocycles. The van der Waals surface area contributed by atoms with E-state index < -0.39 is 0 Å². The molecule has 1 atom stereocenters. The molecule has 2 nitrogen and oxygen atoms in total. The molecule has 0 aromatic heterocycles. The van der Waals surface area contributed by atoms with Crippen LogP contribution in [-0.2, 0) is 0 Å². The summed E-state index contributed by atoms with van der Waals surface area (Å²) < 4.78 is 0. The molecule has 18 heavy (non-hydrogen) atoms. The van der Waals surface area contributed by atoms with Gasteiger partial charge in [0.05, 0.1) is 0 Å². The zero-order valence-corrected chi connectivity index (χ0v) is 11.2. The van der Waals surface area contributed by atoms with Crippen molar-refractivity contribution in [2.75, 3.05) is 31.5 Å².